The van der Waals surface area contributed by atoms with Crippen LogP contribution in [0.4, 0.5) is 5.82 Å². The quantitative estimate of drug-likeness (QED) is 0.541. The maximum atomic E-state index is 13.2. The number of hydrogen-bond donors (Lipinski definition) is 0. The van der Waals surface area contributed by atoms with Crippen LogP contribution in [0.1, 0.15) is 0 Å². The molecule has 0 radical (unpaired) electrons. The molecule has 1 aliphatic heterocycles. The first-order chi connectivity index (χ1) is 15.3. The first-order valence-electron chi connectivity index (χ1n) is 9.74. The second kappa shape index (κ2) is 9.11. The minimum atomic E-state index is -3.79. The molecule has 4 rings (SSSR count). The Bertz CT molecular complexity index is 1290. The number of nitrogens with zero attached hydrogens (tertiary/aromatic N) is 4. The van der Waals surface area contributed by atoms with Crippen LogP contribution in [-0.2, 0) is 10.0 Å². The van der Waals surface area contributed by atoms with Crippen LogP contribution in [0.3, 0.4) is 0 Å². The van der Waals surface area contributed by atoms with Crippen molar-refractivity contribution in [2.75, 3.05) is 38.2 Å². The van der Waals surface area contributed by atoms with Crippen LogP contribution >= 0.6 is 23.2 Å². The van der Waals surface area contributed by atoms with Gasteiger partial charge in [0.1, 0.15) is 16.5 Å². The Labute approximate surface area is 195 Å². The standard InChI is InChI=1S/C21H20Cl2N4O4S/c1-31-18-7-4-16(23)14-19(18)32(29,30)26-12-10-25(11-13-26)20-8-9-21(28)27(24-20)17-5-2-15(22)3-6-17/h2-9,14H,10-13H2,1H3. The molecule has 2 heterocycles. The smallest absolute Gasteiger partial charge is 0.271 e. The zero-order valence-corrected chi connectivity index (χ0v) is 19.4. The zero-order valence-electron chi connectivity index (χ0n) is 17.1. The molecule has 0 amide bonds. The van der Waals surface area contributed by atoms with Gasteiger partial charge in [-0.25, -0.2) is 8.42 Å². The highest BCUT2D eigenvalue weighted by Gasteiger charge is 2.31. The molecule has 1 fully saturated rings. The van der Waals surface area contributed by atoms with Crippen LogP contribution < -0.4 is 15.2 Å². The third kappa shape index (κ3) is 4.47. The predicted octanol–water partition coefficient (Wildman–Crippen LogP) is 3.06. The van der Waals surface area contributed by atoms with Crippen LogP contribution in [-0.4, -0.2) is 55.8 Å². The van der Waals surface area contributed by atoms with Crippen molar-refractivity contribution in [1.29, 1.82) is 0 Å². The fourth-order valence-electron chi connectivity index (χ4n) is 3.49. The molecule has 0 atom stereocenters. The van der Waals surface area contributed by atoms with Gasteiger partial charge in [-0.2, -0.15) is 8.99 Å². The molecule has 8 nitrogen and oxygen atoms in total. The number of sulfonamides is 1. The Balaban J connectivity index is 1.54. The van der Waals surface area contributed by atoms with Gasteiger partial charge < -0.3 is 9.64 Å². The van der Waals surface area contributed by atoms with Gasteiger partial charge in [0.2, 0.25) is 10.0 Å². The molecule has 2 aromatic carbocycles. The maximum absolute atomic E-state index is 13.2. The number of piperazine rings is 1. The van der Waals surface area contributed by atoms with E-state index >= 15 is 0 Å². The number of benzene rings is 2. The van der Waals surface area contributed by atoms with Crippen molar-refractivity contribution in [2.45, 2.75) is 4.90 Å². The van der Waals surface area contributed by atoms with Crippen molar-refractivity contribution >= 4 is 39.0 Å². The van der Waals surface area contributed by atoms with Gasteiger partial charge in [0.15, 0.2) is 0 Å². The van der Waals surface area contributed by atoms with E-state index in [-0.39, 0.29) is 29.3 Å². The SMILES string of the molecule is COc1ccc(Cl)cc1S(=O)(=O)N1CCN(c2ccc(=O)n(-c3ccc(Cl)cc3)n2)CC1. The van der Waals surface area contributed by atoms with Crippen LogP contribution in [0.15, 0.2) is 64.3 Å². The molecule has 0 saturated carbocycles. The van der Waals surface area contributed by atoms with Gasteiger partial charge in [-0.3, -0.25) is 4.79 Å². The molecule has 0 aliphatic carbocycles. The Hall–Kier alpha value is -2.59. The van der Waals surface area contributed by atoms with Gasteiger partial charge in [0.25, 0.3) is 5.56 Å². The molecule has 3 aromatic rings. The largest absolute Gasteiger partial charge is 0.495 e. The minimum absolute atomic E-state index is 0.0374. The third-order valence-electron chi connectivity index (χ3n) is 5.16. The molecule has 1 aromatic heterocycles. The second-order valence-corrected chi connectivity index (χ2v) is 9.88. The van der Waals surface area contributed by atoms with Crippen molar-refractivity contribution in [3.63, 3.8) is 0 Å². The van der Waals surface area contributed by atoms with Crippen molar-refractivity contribution in [3.05, 3.63) is 75.0 Å². The van der Waals surface area contributed by atoms with Gasteiger partial charge >= 0.3 is 0 Å². The number of aromatic nitrogens is 2. The van der Waals surface area contributed by atoms with Gasteiger partial charge in [0, 0.05) is 42.3 Å². The molecule has 0 bridgehead atoms. The highest BCUT2D eigenvalue weighted by molar-refractivity contribution is 7.89. The average Bonchev–Trinajstić information content (AvgIpc) is 2.80. The van der Waals surface area contributed by atoms with Crippen molar-refractivity contribution in [3.8, 4) is 11.4 Å². The van der Waals surface area contributed by atoms with Gasteiger partial charge in [-0.05, 0) is 48.5 Å². The topological polar surface area (TPSA) is 84.7 Å². The fraction of sp³-hybridized carbons (Fsp3) is 0.238. The van der Waals surface area contributed by atoms with Crippen molar-refractivity contribution < 1.29 is 13.2 Å². The number of rotatable bonds is 5. The van der Waals surface area contributed by atoms with E-state index in [9.17, 15) is 13.2 Å². The van der Waals surface area contributed by atoms with E-state index in [1.54, 1.807) is 36.4 Å². The number of ether oxygens (including phenoxy) is 1. The summed E-state index contributed by atoms with van der Waals surface area (Å²) in [6, 6.07) is 14.4. The normalized spacial score (nSPS) is 15.0. The summed E-state index contributed by atoms with van der Waals surface area (Å²) >= 11 is 11.9. The van der Waals surface area contributed by atoms with Crippen molar-refractivity contribution in [1.82, 2.24) is 14.1 Å². The van der Waals surface area contributed by atoms with E-state index in [2.05, 4.69) is 5.10 Å². The zero-order chi connectivity index (χ0) is 22.9. The third-order valence-corrected chi connectivity index (χ3v) is 7.57. The summed E-state index contributed by atoms with van der Waals surface area (Å²) in [7, 11) is -2.37. The summed E-state index contributed by atoms with van der Waals surface area (Å²) in [6.45, 7) is 1.32. The average molecular weight is 495 g/mol. The van der Waals surface area contributed by atoms with E-state index in [4.69, 9.17) is 27.9 Å². The summed E-state index contributed by atoms with van der Waals surface area (Å²) in [5.74, 6) is 0.825. The van der Waals surface area contributed by atoms with E-state index < -0.39 is 10.0 Å². The van der Waals surface area contributed by atoms with E-state index in [1.807, 2.05) is 4.90 Å². The first-order valence-corrected chi connectivity index (χ1v) is 11.9. The number of hydrogen-bond acceptors (Lipinski definition) is 6. The summed E-state index contributed by atoms with van der Waals surface area (Å²) in [5, 5.41) is 5.34. The Kier molecular flexibility index (Phi) is 6.43. The first kappa shape index (κ1) is 22.6. The number of anilines is 1. The molecule has 0 unspecified atom stereocenters. The van der Waals surface area contributed by atoms with Gasteiger partial charge in [-0.15, -0.1) is 5.10 Å². The molecular weight excluding hydrogens is 475 g/mol. The van der Waals surface area contributed by atoms with Crippen LogP contribution in [0.5, 0.6) is 5.75 Å². The van der Waals surface area contributed by atoms with Crippen molar-refractivity contribution in [2.24, 2.45) is 0 Å². The highest BCUT2D eigenvalue weighted by atomic mass is 35.5. The highest BCUT2D eigenvalue weighted by Crippen LogP contribution is 2.30. The lowest BCUT2D eigenvalue weighted by atomic mass is 10.3. The fourth-order valence-corrected chi connectivity index (χ4v) is 5.45. The summed E-state index contributed by atoms with van der Waals surface area (Å²) in [5.41, 5.74) is 0.320. The van der Waals surface area contributed by atoms with Gasteiger partial charge in [-0.1, -0.05) is 23.2 Å². The lowest BCUT2D eigenvalue weighted by Gasteiger charge is -2.34. The Morgan fingerprint density at radius 2 is 1.56 bits per heavy atom. The number of methoxy groups -OCH3 is 1. The van der Waals surface area contributed by atoms with Gasteiger partial charge in [0.05, 0.1) is 12.8 Å². The minimum Gasteiger partial charge on any atom is -0.495 e. The summed E-state index contributed by atoms with van der Waals surface area (Å²) < 4.78 is 34.3. The lowest BCUT2D eigenvalue weighted by Crippen LogP contribution is -2.49. The molecule has 1 aliphatic rings. The molecule has 0 N–H and O–H groups in total. The summed E-state index contributed by atoms with van der Waals surface area (Å²) in [4.78, 5) is 14.3. The second-order valence-electron chi connectivity index (χ2n) is 7.10. The Morgan fingerprint density at radius 3 is 2.22 bits per heavy atom. The lowest BCUT2D eigenvalue weighted by molar-refractivity contribution is 0.373. The predicted molar refractivity (Wildman–Crippen MR) is 124 cm³/mol. The molecule has 168 valence electrons. The van der Waals surface area contributed by atoms with E-state index in [0.717, 1.165) is 0 Å². The molecular formula is C21H20Cl2N4O4S. The summed E-state index contributed by atoms with van der Waals surface area (Å²) in [6.07, 6.45) is 0. The molecule has 0 spiro atoms. The molecule has 11 heteroatoms. The monoisotopic (exact) mass is 494 g/mol. The van der Waals surface area contributed by atoms with Crippen LogP contribution in [0, 0.1) is 0 Å². The van der Waals surface area contributed by atoms with E-state index in [1.165, 1.54) is 34.3 Å². The van der Waals surface area contributed by atoms with E-state index in [0.29, 0.717) is 34.6 Å². The molecule has 1 saturated heterocycles. The Morgan fingerprint density at radius 1 is 0.906 bits per heavy atom. The van der Waals surface area contributed by atoms with Crippen LogP contribution in [0.2, 0.25) is 10.0 Å². The molecule has 32 heavy (non-hydrogen) atoms. The maximum Gasteiger partial charge on any atom is 0.271 e. The number of halogens is 2. The van der Waals surface area contributed by atoms with Crippen LogP contribution in [0.25, 0.3) is 5.69 Å².